The van der Waals surface area contributed by atoms with E-state index in [0.717, 1.165) is 32.7 Å². The Bertz CT molecular complexity index is 1490. The van der Waals surface area contributed by atoms with Gasteiger partial charge in [0.25, 0.3) is 11.8 Å². The minimum absolute atomic E-state index is 0.159. The lowest BCUT2D eigenvalue weighted by atomic mass is 10.0. The molecular weight excluding hydrogens is 492 g/mol. The van der Waals surface area contributed by atoms with Gasteiger partial charge in [-0.2, -0.15) is 0 Å². The quantitative estimate of drug-likeness (QED) is 0.211. The van der Waals surface area contributed by atoms with Gasteiger partial charge in [-0.1, -0.05) is 42.0 Å². The van der Waals surface area contributed by atoms with Crippen LogP contribution in [-0.2, 0) is 22.6 Å². The van der Waals surface area contributed by atoms with Crippen molar-refractivity contribution in [2.75, 3.05) is 11.5 Å². The lowest BCUT2D eigenvalue weighted by Crippen LogP contribution is -2.54. The molecule has 1 aliphatic rings. The highest BCUT2D eigenvalue weighted by Gasteiger charge is 2.37. The van der Waals surface area contributed by atoms with E-state index in [2.05, 4.69) is 18.0 Å². The second-order valence-corrected chi connectivity index (χ2v) is 9.44. The predicted molar refractivity (Wildman–Crippen MR) is 152 cm³/mol. The molecule has 0 aliphatic carbocycles. The zero-order valence-electron chi connectivity index (χ0n) is 22.7. The molecule has 1 fully saturated rings. The summed E-state index contributed by atoms with van der Waals surface area (Å²) in [5.41, 5.74) is 5.69. The van der Waals surface area contributed by atoms with Crippen LogP contribution in [0.4, 0.5) is 10.5 Å². The molecule has 1 saturated heterocycles. The van der Waals surface area contributed by atoms with Crippen LogP contribution in [0.5, 0.6) is 11.5 Å². The number of urea groups is 1. The average molecular weight is 525 g/mol. The number of hydrogen-bond acceptors (Lipinski definition) is 5. The zero-order chi connectivity index (χ0) is 28.1. The van der Waals surface area contributed by atoms with Crippen molar-refractivity contribution in [1.29, 1.82) is 0 Å². The van der Waals surface area contributed by atoms with Crippen LogP contribution < -0.4 is 19.7 Å². The van der Waals surface area contributed by atoms with Crippen molar-refractivity contribution >= 4 is 29.6 Å². The number of aryl methyl sites for hydroxylation is 3. The van der Waals surface area contributed by atoms with Crippen molar-refractivity contribution in [3.63, 3.8) is 0 Å². The molecule has 1 N–H and O–H groups in total. The number of allylic oxidation sites excluding steroid dienone is 1. The van der Waals surface area contributed by atoms with E-state index in [9.17, 15) is 14.4 Å². The number of anilines is 1. The number of imide groups is 2. The van der Waals surface area contributed by atoms with Crippen LogP contribution in [0.25, 0.3) is 6.08 Å². The van der Waals surface area contributed by atoms with Gasteiger partial charge in [0.1, 0.15) is 12.2 Å². The number of barbiturate groups is 1. The molecule has 3 aromatic rings. The summed E-state index contributed by atoms with van der Waals surface area (Å²) in [6.45, 7) is 12.3. The third-order valence-corrected chi connectivity index (χ3v) is 6.45. The largest absolute Gasteiger partial charge is 0.490 e. The average Bonchev–Trinajstić information content (AvgIpc) is 2.88. The van der Waals surface area contributed by atoms with Gasteiger partial charge in [0, 0.05) is 5.56 Å². The van der Waals surface area contributed by atoms with Crippen LogP contribution in [-0.4, -0.2) is 24.5 Å². The van der Waals surface area contributed by atoms with Crippen molar-refractivity contribution in [3.8, 4) is 11.5 Å². The van der Waals surface area contributed by atoms with Gasteiger partial charge in [-0.3, -0.25) is 14.9 Å². The smallest absolute Gasteiger partial charge is 0.335 e. The van der Waals surface area contributed by atoms with Gasteiger partial charge in [-0.05, 0) is 86.7 Å². The SMILES string of the molecule is C=CCc1cc(/C=C2\C(=O)NC(=O)N(c3ccc(C)c(C)c3)C2=O)cc(OCC)c1OCc1cccc(C)c1. The summed E-state index contributed by atoms with van der Waals surface area (Å²) in [4.78, 5) is 39.8. The number of nitrogens with one attached hydrogen (secondary N) is 1. The molecule has 1 aliphatic heterocycles. The minimum atomic E-state index is -0.785. The lowest BCUT2D eigenvalue weighted by molar-refractivity contribution is -0.122. The van der Waals surface area contributed by atoms with E-state index in [-0.39, 0.29) is 5.57 Å². The molecule has 0 bridgehead atoms. The summed E-state index contributed by atoms with van der Waals surface area (Å²) in [6.07, 6.45) is 3.70. The number of amides is 4. The van der Waals surface area contributed by atoms with Crippen molar-refractivity contribution in [2.45, 2.75) is 40.7 Å². The summed E-state index contributed by atoms with van der Waals surface area (Å²) in [6, 6.07) is 16.1. The van der Waals surface area contributed by atoms with E-state index in [1.165, 1.54) is 6.08 Å². The Morgan fingerprint density at radius 1 is 0.949 bits per heavy atom. The summed E-state index contributed by atoms with van der Waals surface area (Å²) in [7, 11) is 0. The minimum Gasteiger partial charge on any atom is -0.490 e. The number of ether oxygens (including phenoxy) is 2. The fourth-order valence-electron chi connectivity index (χ4n) is 4.38. The number of benzene rings is 3. The van der Waals surface area contributed by atoms with Crippen LogP contribution in [0, 0.1) is 20.8 Å². The van der Waals surface area contributed by atoms with E-state index in [0.29, 0.717) is 42.4 Å². The van der Waals surface area contributed by atoms with Gasteiger partial charge >= 0.3 is 6.03 Å². The van der Waals surface area contributed by atoms with Crippen molar-refractivity contribution in [1.82, 2.24) is 5.32 Å². The highest BCUT2D eigenvalue weighted by atomic mass is 16.5. The van der Waals surface area contributed by atoms with Crippen LogP contribution in [0.1, 0.15) is 40.3 Å². The molecule has 4 rings (SSSR count). The maximum Gasteiger partial charge on any atom is 0.335 e. The van der Waals surface area contributed by atoms with Crippen LogP contribution in [0.15, 0.2) is 72.8 Å². The van der Waals surface area contributed by atoms with Crippen molar-refractivity contribution in [2.24, 2.45) is 0 Å². The Labute approximate surface area is 228 Å². The predicted octanol–water partition coefficient (Wildman–Crippen LogP) is 5.98. The Balaban J connectivity index is 1.72. The van der Waals surface area contributed by atoms with E-state index in [1.54, 1.807) is 24.3 Å². The van der Waals surface area contributed by atoms with Gasteiger partial charge in [0.15, 0.2) is 11.5 Å². The normalized spacial score (nSPS) is 14.4. The van der Waals surface area contributed by atoms with Crippen LogP contribution in [0.3, 0.4) is 0 Å². The lowest BCUT2D eigenvalue weighted by Gasteiger charge is -2.27. The summed E-state index contributed by atoms with van der Waals surface area (Å²) in [5.74, 6) is -0.392. The van der Waals surface area contributed by atoms with Crippen molar-refractivity contribution in [3.05, 3.63) is 106 Å². The molecule has 200 valence electrons. The summed E-state index contributed by atoms with van der Waals surface area (Å²) < 4.78 is 12.1. The number of carbonyl (C=O) groups is 3. The van der Waals surface area contributed by atoms with Crippen LogP contribution >= 0.6 is 0 Å². The molecule has 0 radical (unpaired) electrons. The third kappa shape index (κ3) is 6.09. The molecule has 39 heavy (non-hydrogen) atoms. The molecule has 1 heterocycles. The molecule has 7 nitrogen and oxygen atoms in total. The molecule has 0 spiro atoms. The van der Waals surface area contributed by atoms with Crippen molar-refractivity contribution < 1.29 is 23.9 Å². The fourth-order valence-corrected chi connectivity index (χ4v) is 4.38. The molecular formula is C32H32N2O5. The fraction of sp³-hybridized carbons (Fsp3) is 0.219. The number of carbonyl (C=O) groups excluding carboxylic acids is 3. The van der Waals surface area contributed by atoms with Crippen LogP contribution in [0.2, 0.25) is 0 Å². The maximum absolute atomic E-state index is 13.4. The first-order valence-electron chi connectivity index (χ1n) is 12.8. The Morgan fingerprint density at radius 3 is 2.44 bits per heavy atom. The molecule has 3 aromatic carbocycles. The number of nitrogens with zero attached hydrogens (tertiary/aromatic N) is 1. The first kappa shape index (κ1) is 27.4. The molecule has 0 atom stereocenters. The maximum atomic E-state index is 13.4. The molecule has 7 heteroatoms. The highest BCUT2D eigenvalue weighted by molar-refractivity contribution is 6.39. The monoisotopic (exact) mass is 524 g/mol. The molecule has 0 saturated carbocycles. The number of rotatable bonds is 9. The Kier molecular flexibility index (Phi) is 8.30. The molecule has 0 aromatic heterocycles. The van der Waals surface area contributed by atoms with E-state index in [4.69, 9.17) is 9.47 Å². The molecule has 4 amide bonds. The van der Waals surface area contributed by atoms with Gasteiger partial charge in [0.05, 0.1) is 12.3 Å². The van der Waals surface area contributed by atoms with Gasteiger partial charge in [-0.15, -0.1) is 6.58 Å². The second kappa shape index (κ2) is 11.8. The zero-order valence-corrected chi connectivity index (χ0v) is 22.7. The van der Waals surface area contributed by atoms with E-state index >= 15 is 0 Å². The number of hydrogen-bond donors (Lipinski definition) is 1. The first-order valence-corrected chi connectivity index (χ1v) is 12.8. The topological polar surface area (TPSA) is 84.9 Å². The third-order valence-electron chi connectivity index (χ3n) is 6.45. The van der Waals surface area contributed by atoms with E-state index < -0.39 is 17.8 Å². The Hall–Kier alpha value is -4.65. The standard InChI is InChI=1S/C32H32N2O5/c1-6-9-25-16-24(18-28(38-7-2)29(25)39-19-23-11-8-10-20(3)14-23)17-27-30(35)33-32(37)34(31(27)36)26-13-12-21(4)22(5)15-26/h6,8,10-18H,1,7,9,19H2,2-5H3,(H,33,35,37)/b27-17+. The Morgan fingerprint density at radius 2 is 1.74 bits per heavy atom. The summed E-state index contributed by atoms with van der Waals surface area (Å²) >= 11 is 0. The highest BCUT2D eigenvalue weighted by Crippen LogP contribution is 2.36. The van der Waals surface area contributed by atoms with Gasteiger partial charge in [0.2, 0.25) is 0 Å². The van der Waals surface area contributed by atoms with E-state index in [1.807, 2.05) is 58.0 Å². The first-order chi connectivity index (χ1) is 18.7. The summed E-state index contributed by atoms with van der Waals surface area (Å²) in [5, 5.41) is 2.28. The molecule has 0 unspecified atom stereocenters. The van der Waals surface area contributed by atoms with Gasteiger partial charge < -0.3 is 9.47 Å². The second-order valence-electron chi connectivity index (χ2n) is 9.44. The van der Waals surface area contributed by atoms with Gasteiger partial charge in [-0.25, -0.2) is 9.69 Å².